The summed E-state index contributed by atoms with van der Waals surface area (Å²) >= 11 is 0. The summed E-state index contributed by atoms with van der Waals surface area (Å²) in [5, 5.41) is 0. The number of nitrogens with zero attached hydrogens (tertiary/aromatic N) is 1. The average Bonchev–Trinajstić information content (AvgIpc) is 2.84. The second-order valence-electron chi connectivity index (χ2n) is 7.45. The molecular weight excluding hydrogens is 438 g/mol. The third kappa shape index (κ3) is 7.30. The molecule has 8 heteroatoms. The summed E-state index contributed by atoms with van der Waals surface area (Å²) in [6.07, 6.45) is -0.843. The molecule has 2 aromatic carbocycles. The number of carbonyl (C=O) groups is 4. The largest absolute Gasteiger partial charge is 0.462 e. The van der Waals surface area contributed by atoms with Gasteiger partial charge in [0.15, 0.2) is 5.78 Å². The smallest absolute Gasteiger partial charge is 0.414 e. The molecule has 0 aromatic heterocycles. The van der Waals surface area contributed by atoms with E-state index in [0.717, 1.165) is 23.0 Å². The highest BCUT2D eigenvalue weighted by Gasteiger charge is 2.34. The number of rotatable bonds is 10. The standard InChI is InChI=1S/C26H29NO7/c1-5-32-25(30)22(19(3)28)23(18(2)24(29)33-16-20-12-8-6-9-13-20)27(4)26(31)34-17-21-14-10-7-11-15-21/h6-15,18H,5,16-17H2,1-4H3. The maximum absolute atomic E-state index is 12.9. The van der Waals surface area contributed by atoms with Crippen molar-refractivity contribution < 1.29 is 33.4 Å². The Bertz CT molecular complexity index is 968. The SMILES string of the molecule is CCOC(=O)C(C(C)=O)=C(C(C)C(=O)OCc1ccccc1)N(C)C(=O)OCc1ccccc1. The monoisotopic (exact) mass is 467 g/mol. The molecule has 180 valence electrons. The van der Waals surface area contributed by atoms with Gasteiger partial charge in [0.05, 0.1) is 18.2 Å². The fourth-order valence-electron chi connectivity index (χ4n) is 3.19. The van der Waals surface area contributed by atoms with Crippen LogP contribution in [0.3, 0.4) is 0 Å². The van der Waals surface area contributed by atoms with Gasteiger partial charge in [-0.05, 0) is 31.9 Å². The Hall–Kier alpha value is -3.94. The van der Waals surface area contributed by atoms with Crippen molar-refractivity contribution in [2.24, 2.45) is 5.92 Å². The Kier molecular flexibility index (Phi) is 10.0. The minimum absolute atomic E-state index is 0.00568. The summed E-state index contributed by atoms with van der Waals surface area (Å²) in [5.74, 6) is -3.44. The molecule has 2 aromatic rings. The van der Waals surface area contributed by atoms with Crippen LogP contribution in [0.2, 0.25) is 0 Å². The van der Waals surface area contributed by atoms with E-state index in [4.69, 9.17) is 14.2 Å². The molecule has 0 heterocycles. The van der Waals surface area contributed by atoms with Crippen molar-refractivity contribution >= 4 is 23.8 Å². The molecule has 0 aliphatic carbocycles. The van der Waals surface area contributed by atoms with Crippen LogP contribution >= 0.6 is 0 Å². The van der Waals surface area contributed by atoms with Crippen LogP contribution in [0.15, 0.2) is 71.9 Å². The van der Waals surface area contributed by atoms with E-state index in [1.807, 2.05) is 24.3 Å². The first-order valence-corrected chi connectivity index (χ1v) is 10.8. The van der Waals surface area contributed by atoms with Crippen molar-refractivity contribution in [1.29, 1.82) is 0 Å². The molecule has 0 aliphatic heterocycles. The minimum Gasteiger partial charge on any atom is -0.462 e. The molecule has 1 amide bonds. The molecule has 0 spiro atoms. The lowest BCUT2D eigenvalue weighted by atomic mass is 9.99. The molecule has 0 bridgehead atoms. The van der Waals surface area contributed by atoms with E-state index < -0.39 is 35.3 Å². The second-order valence-corrected chi connectivity index (χ2v) is 7.45. The van der Waals surface area contributed by atoms with Gasteiger partial charge >= 0.3 is 18.0 Å². The number of Topliss-reactive ketones (excluding diaryl/α,β-unsaturated/α-hetero) is 1. The first-order valence-electron chi connectivity index (χ1n) is 10.8. The van der Waals surface area contributed by atoms with Crippen LogP contribution in [0.25, 0.3) is 0 Å². The fourth-order valence-corrected chi connectivity index (χ4v) is 3.19. The Morgan fingerprint density at radius 1 is 0.824 bits per heavy atom. The molecular formula is C26H29NO7. The zero-order chi connectivity index (χ0) is 25.1. The van der Waals surface area contributed by atoms with Crippen LogP contribution in [-0.4, -0.2) is 42.4 Å². The molecule has 1 atom stereocenters. The second kappa shape index (κ2) is 12.9. The van der Waals surface area contributed by atoms with Gasteiger partial charge in [-0.2, -0.15) is 0 Å². The lowest BCUT2D eigenvalue weighted by molar-refractivity contribution is -0.148. The number of hydrogen-bond donors (Lipinski definition) is 0. The molecule has 0 radical (unpaired) electrons. The normalized spacial score (nSPS) is 12.1. The van der Waals surface area contributed by atoms with Gasteiger partial charge < -0.3 is 14.2 Å². The van der Waals surface area contributed by atoms with Crippen molar-refractivity contribution in [3.05, 3.63) is 83.1 Å². The van der Waals surface area contributed by atoms with E-state index in [9.17, 15) is 19.2 Å². The number of benzene rings is 2. The van der Waals surface area contributed by atoms with Gasteiger partial charge in [0, 0.05) is 7.05 Å². The predicted octanol–water partition coefficient (Wildman–Crippen LogP) is 4.04. The van der Waals surface area contributed by atoms with Crippen molar-refractivity contribution in [3.63, 3.8) is 0 Å². The van der Waals surface area contributed by atoms with Gasteiger partial charge in [0.2, 0.25) is 0 Å². The van der Waals surface area contributed by atoms with Gasteiger partial charge in [-0.1, -0.05) is 60.7 Å². The Morgan fingerprint density at radius 2 is 1.32 bits per heavy atom. The number of ketones is 1. The number of ether oxygens (including phenoxy) is 3. The Balaban J connectivity index is 2.32. The average molecular weight is 468 g/mol. The predicted molar refractivity (Wildman–Crippen MR) is 124 cm³/mol. The lowest BCUT2D eigenvalue weighted by Gasteiger charge is -2.26. The highest BCUT2D eigenvalue weighted by molar-refractivity contribution is 6.17. The number of carbonyl (C=O) groups excluding carboxylic acids is 4. The van der Waals surface area contributed by atoms with Crippen LogP contribution in [0, 0.1) is 5.92 Å². The Morgan fingerprint density at radius 3 is 1.79 bits per heavy atom. The van der Waals surface area contributed by atoms with Crippen LogP contribution in [0.5, 0.6) is 0 Å². The molecule has 0 aliphatic rings. The van der Waals surface area contributed by atoms with E-state index in [1.165, 1.54) is 14.0 Å². The third-order valence-electron chi connectivity index (χ3n) is 4.92. The van der Waals surface area contributed by atoms with Crippen molar-refractivity contribution in [3.8, 4) is 0 Å². The molecule has 0 fully saturated rings. The molecule has 8 nitrogen and oxygen atoms in total. The minimum atomic E-state index is -1.14. The summed E-state index contributed by atoms with van der Waals surface area (Å²) in [7, 11) is 1.33. The van der Waals surface area contributed by atoms with Crippen LogP contribution in [0.1, 0.15) is 31.9 Å². The van der Waals surface area contributed by atoms with E-state index in [0.29, 0.717) is 0 Å². The highest BCUT2D eigenvalue weighted by atomic mass is 16.6. The van der Waals surface area contributed by atoms with Crippen LogP contribution in [-0.2, 0) is 41.8 Å². The summed E-state index contributed by atoms with van der Waals surface area (Å²) in [5.41, 5.74) is 0.955. The van der Waals surface area contributed by atoms with Gasteiger partial charge in [0.25, 0.3) is 0 Å². The summed E-state index contributed by atoms with van der Waals surface area (Å²) in [4.78, 5) is 51.7. The molecule has 34 heavy (non-hydrogen) atoms. The molecule has 0 N–H and O–H groups in total. The van der Waals surface area contributed by atoms with E-state index in [-0.39, 0.29) is 25.5 Å². The molecule has 2 rings (SSSR count). The molecule has 0 saturated heterocycles. The van der Waals surface area contributed by atoms with E-state index >= 15 is 0 Å². The fraction of sp³-hybridized carbons (Fsp3) is 0.308. The number of amides is 1. The van der Waals surface area contributed by atoms with E-state index in [1.54, 1.807) is 43.3 Å². The summed E-state index contributed by atoms with van der Waals surface area (Å²) in [6.45, 7) is 4.18. The van der Waals surface area contributed by atoms with Crippen LogP contribution in [0.4, 0.5) is 4.79 Å². The first-order chi connectivity index (χ1) is 16.3. The lowest BCUT2D eigenvalue weighted by Crippen LogP contribution is -2.36. The van der Waals surface area contributed by atoms with Crippen molar-refractivity contribution in [1.82, 2.24) is 4.90 Å². The number of hydrogen-bond acceptors (Lipinski definition) is 7. The van der Waals surface area contributed by atoms with Gasteiger partial charge in [-0.15, -0.1) is 0 Å². The highest BCUT2D eigenvalue weighted by Crippen LogP contribution is 2.24. The van der Waals surface area contributed by atoms with Gasteiger partial charge in [-0.3, -0.25) is 14.5 Å². The summed E-state index contributed by atoms with van der Waals surface area (Å²) < 4.78 is 15.7. The van der Waals surface area contributed by atoms with Crippen molar-refractivity contribution in [2.75, 3.05) is 13.7 Å². The maximum atomic E-state index is 12.9. The number of esters is 2. The van der Waals surface area contributed by atoms with E-state index in [2.05, 4.69) is 0 Å². The summed E-state index contributed by atoms with van der Waals surface area (Å²) in [6, 6.07) is 18.0. The molecule has 1 unspecified atom stereocenters. The van der Waals surface area contributed by atoms with Gasteiger partial charge in [0.1, 0.15) is 18.8 Å². The maximum Gasteiger partial charge on any atom is 0.414 e. The van der Waals surface area contributed by atoms with Gasteiger partial charge in [-0.25, -0.2) is 9.59 Å². The quantitative estimate of drug-likeness (QED) is 0.171. The zero-order valence-corrected chi connectivity index (χ0v) is 19.8. The van der Waals surface area contributed by atoms with Crippen LogP contribution < -0.4 is 0 Å². The first kappa shape index (κ1) is 26.3. The third-order valence-corrected chi connectivity index (χ3v) is 4.92. The topological polar surface area (TPSA) is 99.2 Å². The van der Waals surface area contributed by atoms with Crippen molar-refractivity contribution in [2.45, 2.75) is 34.0 Å². The molecule has 0 saturated carbocycles. The zero-order valence-electron chi connectivity index (χ0n) is 19.8. The Labute approximate surface area is 199 Å².